The highest BCUT2D eigenvalue weighted by Crippen LogP contribution is 2.25. The first-order valence-corrected chi connectivity index (χ1v) is 5.64. The number of rotatable bonds is 3. The zero-order chi connectivity index (χ0) is 13.0. The number of hydrogen-bond donors (Lipinski definition) is 1. The van der Waals surface area contributed by atoms with Crippen LogP contribution in [0.25, 0.3) is 0 Å². The van der Waals surface area contributed by atoms with Gasteiger partial charge < -0.3 is 9.84 Å². The van der Waals surface area contributed by atoms with Crippen LogP contribution in [0, 0.1) is 5.82 Å². The Balaban J connectivity index is 3.00. The van der Waals surface area contributed by atoms with Gasteiger partial charge in [-0.2, -0.15) is 0 Å². The molecular weight excluding hydrogens is 291 g/mol. The molecule has 0 amide bonds. The molecule has 0 bridgehead atoms. The van der Waals surface area contributed by atoms with Crippen molar-refractivity contribution in [3.63, 3.8) is 0 Å². The molecule has 0 aliphatic heterocycles. The van der Waals surface area contributed by atoms with Crippen molar-refractivity contribution in [2.45, 2.75) is 13.0 Å². The number of ether oxygens (including phenoxy) is 1. The number of aliphatic hydroxyl groups excluding tert-OH is 1. The minimum atomic E-state index is -1.16. The van der Waals surface area contributed by atoms with Gasteiger partial charge in [-0.15, -0.1) is 0 Å². The van der Waals surface area contributed by atoms with Gasteiger partial charge in [0.2, 0.25) is 0 Å². The van der Waals surface area contributed by atoms with E-state index in [2.05, 4.69) is 20.7 Å². The van der Waals surface area contributed by atoms with Crippen molar-refractivity contribution in [1.29, 1.82) is 0 Å². The van der Waals surface area contributed by atoms with E-state index in [9.17, 15) is 14.3 Å². The first-order valence-electron chi connectivity index (χ1n) is 4.85. The number of aliphatic hydroxyl groups is 1. The Labute approximate surface area is 107 Å². The molecular formula is C12H12BrFO3. The molecule has 5 heteroatoms. The van der Waals surface area contributed by atoms with Crippen molar-refractivity contribution in [3.05, 3.63) is 45.7 Å². The van der Waals surface area contributed by atoms with Crippen molar-refractivity contribution in [2.75, 3.05) is 7.11 Å². The number of methoxy groups -OCH3 is 1. The molecule has 0 aliphatic carbocycles. The van der Waals surface area contributed by atoms with E-state index in [0.717, 1.165) is 6.08 Å². The molecule has 1 aromatic carbocycles. The van der Waals surface area contributed by atoms with Gasteiger partial charge in [0.1, 0.15) is 11.9 Å². The van der Waals surface area contributed by atoms with Crippen LogP contribution in [0.5, 0.6) is 0 Å². The van der Waals surface area contributed by atoms with Gasteiger partial charge in [0.05, 0.1) is 7.11 Å². The smallest absolute Gasteiger partial charge is 0.330 e. The molecule has 0 aliphatic rings. The van der Waals surface area contributed by atoms with E-state index in [-0.39, 0.29) is 5.56 Å². The maximum absolute atomic E-state index is 13.5. The average Bonchev–Trinajstić information content (AvgIpc) is 2.28. The summed E-state index contributed by atoms with van der Waals surface area (Å²) in [5.41, 5.74) is 0.434. The minimum absolute atomic E-state index is 0.117. The number of halogens is 2. The Morgan fingerprint density at radius 3 is 2.76 bits per heavy atom. The standard InChI is InChI=1S/C12H12BrFO3/c1-7(5-11(15)17-2)12(16)9-4-3-8(13)6-10(9)14/h3-6,12,16H,1-2H3/b7-5-. The predicted molar refractivity (Wildman–Crippen MR) is 64.8 cm³/mol. The zero-order valence-corrected chi connectivity index (χ0v) is 11.0. The second-order valence-electron chi connectivity index (χ2n) is 3.48. The Morgan fingerprint density at radius 2 is 2.24 bits per heavy atom. The van der Waals surface area contributed by atoms with E-state index in [4.69, 9.17) is 0 Å². The van der Waals surface area contributed by atoms with Crippen LogP contribution in [0.4, 0.5) is 4.39 Å². The van der Waals surface area contributed by atoms with Crippen LogP contribution in [-0.4, -0.2) is 18.2 Å². The first kappa shape index (κ1) is 13.9. The normalized spacial score (nSPS) is 13.4. The van der Waals surface area contributed by atoms with E-state index in [1.807, 2.05) is 0 Å². The summed E-state index contributed by atoms with van der Waals surface area (Å²) in [6.45, 7) is 1.53. The van der Waals surface area contributed by atoms with Gasteiger partial charge in [-0.1, -0.05) is 22.0 Å². The summed E-state index contributed by atoms with van der Waals surface area (Å²) in [4.78, 5) is 11.0. The molecule has 17 heavy (non-hydrogen) atoms. The van der Waals surface area contributed by atoms with E-state index in [1.165, 1.54) is 26.2 Å². The third-order valence-corrected chi connectivity index (χ3v) is 2.73. The largest absolute Gasteiger partial charge is 0.466 e. The quantitative estimate of drug-likeness (QED) is 0.690. The summed E-state index contributed by atoms with van der Waals surface area (Å²) in [5.74, 6) is -1.12. The van der Waals surface area contributed by atoms with Gasteiger partial charge in [-0.25, -0.2) is 9.18 Å². The van der Waals surface area contributed by atoms with Gasteiger partial charge >= 0.3 is 5.97 Å². The summed E-state index contributed by atoms with van der Waals surface area (Å²) in [5, 5.41) is 9.87. The molecule has 0 saturated carbocycles. The van der Waals surface area contributed by atoms with E-state index in [0.29, 0.717) is 10.0 Å². The maximum Gasteiger partial charge on any atom is 0.330 e. The van der Waals surface area contributed by atoms with Crippen molar-refractivity contribution < 1.29 is 19.0 Å². The van der Waals surface area contributed by atoms with Crippen LogP contribution in [0.1, 0.15) is 18.6 Å². The molecule has 1 unspecified atom stereocenters. The Hall–Kier alpha value is -1.20. The predicted octanol–water partition coefficient (Wildman–Crippen LogP) is 2.74. The second kappa shape index (κ2) is 5.93. The summed E-state index contributed by atoms with van der Waals surface area (Å²) >= 11 is 3.12. The number of hydrogen-bond acceptors (Lipinski definition) is 3. The lowest BCUT2D eigenvalue weighted by molar-refractivity contribution is -0.134. The molecule has 92 valence electrons. The van der Waals surface area contributed by atoms with Crippen LogP contribution >= 0.6 is 15.9 Å². The molecule has 0 saturated heterocycles. The summed E-state index contributed by atoms with van der Waals surface area (Å²) in [6, 6.07) is 4.33. The lowest BCUT2D eigenvalue weighted by Crippen LogP contribution is -2.05. The fourth-order valence-corrected chi connectivity index (χ4v) is 1.63. The molecule has 3 nitrogen and oxygen atoms in total. The molecule has 0 heterocycles. The molecule has 0 spiro atoms. The fourth-order valence-electron chi connectivity index (χ4n) is 1.29. The van der Waals surface area contributed by atoms with Gasteiger partial charge in [0.25, 0.3) is 0 Å². The molecule has 1 N–H and O–H groups in total. The summed E-state index contributed by atoms with van der Waals surface area (Å²) in [7, 11) is 1.23. The first-order chi connectivity index (χ1) is 7.95. The lowest BCUT2D eigenvalue weighted by Gasteiger charge is -2.12. The van der Waals surface area contributed by atoms with Gasteiger partial charge in [-0.3, -0.25) is 0 Å². The van der Waals surface area contributed by atoms with Crippen molar-refractivity contribution in [2.24, 2.45) is 0 Å². The van der Waals surface area contributed by atoms with E-state index in [1.54, 1.807) is 6.07 Å². The lowest BCUT2D eigenvalue weighted by atomic mass is 10.0. The van der Waals surface area contributed by atoms with Crippen molar-refractivity contribution in [3.8, 4) is 0 Å². The van der Waals surface area contributed by atoms with Crippen LogP contribution < -0.4 is 0 Å². The molecule has 1 rings (SSSR count). The summed E-state index contributed by atoms with van der Waals surface area (Å²) < 4.78 is 18.6. The number of carbonyl (C=O) groups excluding carboxylic acids is 1. The van der Waals surface area contributed by atoms with Crippen LogP contribution in [0.3, 0.4) is 0 Å². The highest BCUT2D eigenvalue weighted by molar-refractivity contribution is 9.10. The van der Waals surface area contributed by atoms with Crippen molar-refractivity contribution in [1.82, 2.24) is 0 Å². The second-order valence-corrected chi connectivity index (χ2v) is 4.40. The third kappa shape index (κ3) is 3.64. The fraction of sp³-hybridized carbons (Fsp3) is 0.250. The molecule has 1 atom stereocenters. The SMILES string of the molecule is COC(=O)/C=C(/C)C(O)c1ccc(Br)cc1F. The average molecular weight is 303 g/mol. The van der Waals surface area contributed by atoms with Crippen molar-refractivity contribution >= 4 is 21.9 Å². The van der Waals surface area contributed by atoms with Gasteiger partial charge in [0, 0.05) is 16.1 Å². The minimum Gasteiger partial charge on any atom is -0.466 e. The Bertz CT molecular complexity index is 457. The zero-order valence-electron chi connectivity index (χ0n) is 9.41. The Kier molecular flexibility index (Phi) is 4.84. The van der Waals surface area contributed by atoms with Crippen LogP contribution in [0.2, 0.25) is 0 Å². The highest BCUT2D eigenvalue weighted by atomic mass is 79.9. The number of benzene rings is 1. The monoisotopic (exact) mass is 302 g/mol. The van der Waals surface area contributed by atoms with Gasteiger partial charge in [-0.05, 0) is 24.6 Å². The van der Waals surface area contributed by atoms with E-state index >= 15 is 0 Å². The highest BCUT2D eigenvalue weighted by Gasteiger charge is 2.15. The topological polar surface area (TPSA) is 46.5 Å². The molecule has 0 aromatic heterocycles. The van der Waals surface area contributed by atoms with Gasteiger partial charge in [0.15, 0.2) is 0 Å². The third-order valence-electron chi connectivity index (χ3n) is 2.24. The number of carbonyl (C=O) groups is 1. The summed E-state index contributed by atoms with van der Waals surface area (Å²) in [6.07, 6.45) is -0.0335. The molecule has 0 radical (unpaired) electrons. The maximum atomic E-state index is 13.5. The van der Waals surface area contributed by atoms with E-state index < -0.39 is 17.9 Å². The van der Waals surface area contributed by atoms with Crippen LogP contribution in [-0.2, 0) is 9.53 Å². The van der Waals surface area contributed by atoms with Crippen LogP contribution in [0.15, 0.2) is 34.3 Å². The Morgan fingerprint density at radius 1 is 1.59 bits per heavy atom. The number of esters is 1. The molecule has 0 fully saturated rings. The molecule has 1 aromatic rings.